The van der Waals surface area contributed by atoms with Crippen molar-refractivity contribution in [1.82, 2.24) is 14.9 Å². The lowest BCUT2D eigenvalue weighted by Gasteiger charge is -2.15. The summed E-state index contributed by atoms with van der Waals surface area (Å²) in [6, 6.07) is 1.99. The van der Waals surface area contributed by atoms with Crippen molar-refractivity contribution in [3.8, 4) is 11.4 Å². The van der Waals surface area contributed by atoms with Gasteiger partial charge in [0, 0.05) is 31.3 Å². The summed E-state index contributed by atoms with van der Waals surface area (Å²) in [6.07, 6.45) is 8.44. The molecule has 0 spiro atoms. The number of carbonyl (C=O) groups excluding carboxylic acids is 1. The monoisotopic (exact) mass is 387 g/mol. The van der Waals surface area contributed by atoms with Gasteiger partial charge in [-0.2, -0.15) is 0 Å². The number of nitrogens with zero attached hydrogens (tertiary/aromatic N) is 2. The summed E-state index contributed by atoms with van der Waals surface area (Å²) in [7, 11) is 1.64. The molecule has 6 heteroatoms. The SMILES string of the molecule is COCCNC(=O)c1cc(-c2csc(C)n2)n(CCC2=CCCCC2)c1C. The molecular formula is C21H29N3O2S. The second kappa shape index (κ2) is 9.33. The Morgan fingerprint density at radius 3 is 2.89 bits per heavy atom. The van der Waals surface area contributed by atoms with Gasteiger partial charge in [0.1, 0.15) is 0 Å². The maximum Gasteiger partial charge on any atom is 0.253 e. The average molecular weight is 388 g/mol. The van der Waals surface area contributed by atoms with Crippen molar-refractivity contribution in [3.63, 3.8) is 0 Å². The van der Waals surface area contributed by atoms with Crippen LogP contribution < -0.4 is 5.32 Å². The van der Waals surface area contributed by atoms with Gasteiger partial charge in [-0.15, -0.1) is 11.3 Å². The number of hydrogen-bond donors (Lipinski definition) is 1. The predicted octanol–water partition coefficient (Wildman–Crippen LogP) is 4.50. The lowest BCUT2D eigenvalue weighted by Crippen LogP contribution is -2.27. The molecule has 0 fully saturated rings. The molecule has 1 N–H and O–H groups in total. The fourth-order valence-corrected chi connectivity index (χ4v) is 4.21. The highest BCUT2D eigenvalue weighted by Gasteiger charge is 2.20. The van der Waals surface area contributed by atoms with Gasteiger partial charge in [0.2, 0.25) is 0 Å². The van der Waals surface area contributed by atoms with Crippen LogP contribution in [-0.2, 0) is 11.3 Å². The van der Waals surface area contributed by atoms with Gasteiger partial charge < -0.3 is 14.6 Å². The van der Waals surface area contributed by atoms with Crippen molar-refractivity contribution in [1.29, 1.82) is 0 Å². The molecule has 2 aromatic rings. The molecule has 0 saturated heterocycles. The number of carbonyl (C=O) groups is 1. The van der Waals surface area contributed by atoms with Gasteiger partial charge in [-0.25, -0.2) is 4.98 Å². The second-order valence-corrected chi connectivity index (χ2v) is 8.10. The Morgan fingerprint density at radius 2 is 2.22 bits per heavy atom. The van der Waals surface area contributed by atoms with Crippen LogP contribution in [0.25, 0.3) is 11.4 Å². The van der Waals surface area contributed by atoms with Crippen molar-refractivity contribution in [3.05, 3.63) is 39.4 Å². The summed E-state index contributed by atoms with van der Waals surface area (Å²) < 4.78 is 7.29. The highest BCUT2D eigenvalue weighted by atomic mass is 32.1. The maximum atomic E-state index is 12.6. The van der Waals surface area contributed by atoms with E-state index in [1.165, 1.54) is 25.7 Å². The van der Waals surface area contributed by atoms with E-state index in [0.29, 0.717) is 13.2 Å². The highest BCUT2D eigenvalue weighted by Crippen LogP contribution is 2.29. The van der Waals surface area contributed by atoms with Crippen LogP contribution >= 0.6 is 11.3 Å². The zero-order valence-electron chi connectivity index (χ0n) is 16.5. The molecule has 0 saturated carbocycles. The molecular weight excluding hydrogens is 358 g/mol. The van der Waals surface area contributed by atoms with Gasteiger partial charge in [-0.3, -0.25) is 4.79 Å². The molecule has 2 aromatic heterocycles. The van der Waals surface area contributed by atoms with Gasteiger partial charge in [0.05, 0.1) is 28.6 Å². The van der Waals surface area contributed by atoms with Crippen LogP contribution in [0.5, 0.6) is 0 Å². The molecule has 5 nitrogen and oxygen atoms in total. The molecule has 1 aliphatic rings. The minimum atomic E-state index is -0.0478. The first-order chi connectivity index (χ1) is 13.1. The highest BCUT2D eigenvalue weighted by molar-refractivity contribution is 7.09. The van der Waals surface area contributed by atoms with Crippen LogP contribution in [0.15, 0.2) is 23.1 Å². The summed E-state index contributed by atoms with van der Waals surface area (Å²) in [5.41, 5.74) is 5.26. The van der Waals surface area contributed by atoms with Crippen LogP contribution in [0.4, 0.5) is 0 Å². The normalized spacial score (nSPS) is 14.3. The topological polar surface area (TPSA) is 56.1 Å². The van der Waals surface area contributed by atoms with Crippen LogP contribution in [0, 0.1) is 13.8 Å². The average Bonchev–Trinajstić information content (AvgIpc) is 3.24. The number of hydrogen-bond acceptors (Lipinski definition) is 4. The van der Waals surface area contributed by atoms with Crippen LogP contribution in [0.2, 0.25) is 0 Å². The lowest BCUT2D eigenvalue weighted by atomic mass is 9.97. The number of amides is 1. The lowest BCUT2D eigenvalue weighted by molar-refractivity contribution is 0.0936. The first-order valence-electron chi connectivity index (χ1n) is 9.68. The van der Waals surface area contributed by atoms with Crippen molar-refractivity contribution in [2.75, 3.05) is 20.3 Å². The Hall–Kier alpha value is -1.92. The molecule has 0 radical (unpaired) electrons. The van der Waals surface area contributed by atoms with Crippen LogP contribution in [0.1, 0.15) is 53.2 Å². The molecule has 0 bridgehead atoms. The summed E-state index contributed by atoms with van der Waals surface area (Å²) >= 11 is 1.64. The first-order valence-corrected chi connectivity index (χ1v) is 10.6. The van der Waals surface area contributed by atoms with Crippen LogP contribution in [0.3, 0.4) is 0 Å². The van der Waals surface area contributed by atoms with E-state index in [1.54, 1.807) is 24.0 Å². The standard InChI is InChI=1S/C21H29N3O2S/c1-15-18(21(25)22-10-12-26-3)13-20(19-14-27-16(2)23-19)24(15)11-9-17-7-5-4-6-8-17/h7,13-14H,4-6,8-12H2,1-3H3,(H,22,25). The fraction of sp³-hybridized carbons (Fsp3) is 0.524. The molecule has 0 atom stereocenters. The van der Waals surface area contributed by atoms with Gasteiger partial charge in [-0.1, -0.05) is 11.6 Å². The number of ether oxygens (including phenoxy) is 1. The number of aryl methyl sites for hydroxylation is 1. The second-order valence-electron chi connectivity index (χ2n) is 7.04. The van der Waals surface area contributed by atoms with E-state index in [1.807, 2.05) is 19.9 Å². The minimum Gasteiger partial charge on any atom is -0.383 e. The Labute approximate surface area is 165 Å². The molecule has 0 aromatic carbocycles. The first kappa shape index (κ1) is 19.8. The van der Waals surface area contributed by atoms with E-state index in [4.69, 9.17) is 4.74 Å². The molecule has 1 aliphatic carbocycles. The molecule has 0 unspecified atom stereocenters. The molecule has 2 heterocycles. The van der Waals surface area contributed by atoms with Crippen molar-refractivity contribution < 1.29 is 9.53 Å². The number of allylic oxidation sites excluding steroid dienone is 2. The number of methoxy groups -OCH3 is 1. The van der Waals surface area contributed by atoms with Gasteiger partial charge >= 0.3 is 0 Å². The van der Waals surface area contributed by atoms with E-state index in [2.05, 4.69) is 26.3 Å². The van der Waals surface area contributed by atoms with Crippen molar-refractivity contribution >= 4 is 17.2 Å². The third-order valence-electron chi connectivity index (χ3n) is 5.13. The fourth-order valence-electron chi connectivity index (χ4n) is 3.61. The van der Waals surface area contributed by atoms with E-state index < -0.39 is 0 Å². The third kappa shape index (κ3) is 4.87. The largest absolute Gasteiger partial charge is 0.383 e. The van der Waals surface area contributed by atoms with E-state index >= 15 is 0 Å². The third-order valence-corrected chi connectivity index (χ3v) is 5.90. The number of nitrogens with one attached hydrogen (secondary N) is 1. The molecule has 1 amide bonds. The smallest absolute Gasteiger partial charge is 0.253 e. The van der Waals surface area contributed by atoms with E-state index in [9.17, 15) is 4.79 Å². The molecule has 146 valence electrons. The number of rotatable bonds is 8. The quantitative estimate of drug-likeness (QED) is 0.536. The summed E-state index contributed by atoms with van der Waals surface area (Å²) in [5.74, 6) is -0.0478. The Balaban J connectivity index is 1.86. The minimum absolute atomic E-state index is 0.0478. The number of thiazole rings is 1. The Morgan fingerprint density at radius 1 is 1.37 bits per heavy atom. The van der Waals surface area contributed by atoms with E-state index in [-0.39, 0.29) is 5.91 Å². The van der Waals surface area contributed by atoms with Crippen LogP contribution in [-0.4, -0.2) is 35.7 Å². The Kier molecular flexibility index (Phi) is 6.85. The molecule has 3 rings (SSSR count). The Bertz CT molecular complexity index is 820. The van der Waals surface area contributed by atoms with Gasteiger partial charge in [0.15, 0.2) is 0 Å². The zero-order chi connectivity index (χ0) is 19.2. The number of aromatic nitrogens is 2. The maximum absolute atomic E-state index is 12.6. The summed E-state index contributed by atoms with van der Waals surface area (Å²) in [4.78, 5) is 17.3. The molecule has 0 aliphatic heterocycles. The predicted molar refractivity (Wildman–Crippen MR) is 110 cm³/mol. The van der Waals surface area contributed by atoms with Crippen molar-refractivity contribution in [2.24, 2.45) is 0 Å². The van der Waals surface area contributed by atoms with Gasteiger partial charge in [-0.05, 0) is 52.0 Å². The molecule has 27 heavy (non-hydrogen) atoms. The van der Waals surface area contributed by atoms with Gasteiger partial charge in [0.25, 0.3) is 5.91 Å². The zero-order valence-corrected chi connectivity index (χ0v) is 17.3. The van der Waals surface area contributed by atoms with Crippen molar-refractivity contribution in [2.45, 2.75) is 52.5 Å². The summed E-state index contributed by atoms with van der Waals surface area (Å²) in [5, 5.41) is 6.05. The summed E-state index contributed by atoms with van der Waals surface area (Å²) in [6.45, 7) is 5.95. The van der Waals surface area contributed by atoms with E-state index in [0.717, 1.165) is 40.6 Å².